The van der Waals surface area contributed by atoms with Crippen LogP contribution in [0.1, 0.15) is 16.2 Å². The number of hydrogen-bond donors (Lipinski definition) is 1. The normalized spacial score (nSPS) is 11.1. The van der Waals surface area contributed by atoms with Gasteiger partial charge in [0.25, 0.3) is 5.91 Å². The van der Waals surface area contributed by atoms with Crippen LogP contribution in [0, 0.1) is 5.82 Å². The first-order valence-electron chi connectivity index (χ1n) is 9.43. The summed E-state index contributed by atoms with van der Waals surface area (Å²) < 4.78 is 14.7. The summed E-state index contributed by atoms with van der Waals surface area (Å²) in [5, 5.41) is 18.0. The van der Waals surface area contributed by atoms with Crippen molar-refractivity contribution >= 4 is 22.3 Å². The summed E-state index contributed by atoms with van der Waals surface area (Å²) in [5.74, 6) is -0.210. The van der Waals surface area contributed by atoms with Crippen LogP contribution in [-0.2, 0) is 6.54 Å². The van der Waals surface area contributed by atoms with Crippen molar-refractivity contribution in [2.75, 3.05) is 0 Å². The molecule has 1 amide bonds. The van der Waals surface area contributed by atoms with Gasteiger partial charge in [0.15, 0.2) is 11.5 Å². The van der Waals surface area contributed by atoms with Gasteiger partial charge in [-0.1, -0.05) is 54.6 Å². The summed E-state index contributed by atoms with van der Waals surface area (Å²) in [7, 11) is 0. The Balaban J connectivity index is 1.55. The molecule has 0 aliphatic rings. The van der Waals surface area contributed by atoms with Crippen molar-refractivity contribution in [3.8, 4) is 11.3 Å². The molecular formula is C23H16FN5O. The van der Waals surface area contributed by atoms with Gasteiger partial charge >= 0.3 is 0 Å². The van der Waals surface area contributed by atoms with Crippen LogP contribution in [0.4, 0.5) is 4.39 Å². The first kappa shape index (κ1) is 17.9. The maximum absolute atomic E-state index is 13.1. The third-order valence-electron chi connectivity index (χ3n) is 4.89. The quantitative estimate of drug-likeness (QED) is 0.497. The highest BCUT2D eigenvalue weighted by molar-refractivity contribution is 6.01. The van der Waals surface area contributed by atoms with Gasteiger partial charge in [-0.3, -0.25) is 4.79 Å². The van der Waals surface area contributed by atoms with Crippen LogP contribution >= 0.6 is 0 Å². The lowest BCUT2D eigenvalue weighted by molar-refractivity contribution is 0.0949. The summed E-state index contributed by atoms with van der Waals surface area (Å²) in [5.41, 5.74) is 2.78. The number of halogens is 1. The van der Waals surface area contributed by atoms with E-state index in [0.717, 1.165) is 22.0 Å². The number of carbonyl (C=O) groups excluding carboxylic acids is 1. The second-order valence-corrected chi connectivity index (χ2v) is 6.80. The Bertz CT molecular complexity index is 1360. The van der Waals surface area contributed by atoms with E-state index in [2.05, 4.69) is 15.5 Å². The smallest absolute Gasteiger partial charge is 0.251 e. The zero-order chi connectivity index (χ0) is 20.5. The van der Waals surface area contributed by atoms with E-state index in [1.165, 1.54) is 24.3 Å². The van der Waals surface area contributed by atoms with E-state index in [0.29, 0.717) is 17.0 Å². The van der Waals surface area contributed by atoms with Crippen LogP contribution in [0.2, 0.25) is 0 Å². The molecule has 6 nitrogen and oxygen atoms in total. The molecule has 2 heterocycles. The fourth-order valence-electron chi connectivity index (χ4n) is 3.41. The molecule has 3 aromatic carbocycles. The van der Waals surface area contributed by atoms with Crippen molar-refractivity contribution in [3.63, 3.8) is 0 Å². The van der Waals surface area contributed by atoms with Crippen molar-refractivity contribution in [2.24, 2.45) is 0 Å². The molecule has 0 spiro atoms. The summed E-state index contributed by atoms with van der Waals surface area (Å²) in [6.45, 7) is 0.136. The third kappa shape index (κ3) is 3.16. The molecule has 0 atom stereocenters. The zero-order valence-corrected chi connectivity index (χ0v) is 15.8. The van der Waals surface area contributed by atoms with Crippen molar-refractivity contribution in [2.45, 2.75) is 6.54 Å². The van der Waals surface area contributed by atoms with Gasteiger partial charge in [-0.05, 0) is 24.3 Å². The summed E-state index contributed by atoms with van der Waals surface area (Å²) in [6, 6.07) is 23.2. The molecule has 7 heteroatoms. The number of fused-ring (bicyclic) bond motifs is 3. The predicted octanol–water partition coefficient (Wildman–Crippen LogP) is 4.01. The molecule has 2 aromatic heterocycles. The standard InChI is InChI=1S/C23H16FN5O/c24-17-12-10-16(11-13-17)23(30)25-14-20-26-27-22-19-9-5-4-8-18(19)21(28-29(20)22)15-6-2-1-3-7-15/h1-13H,14H2,(H,25,30). The second-order valence-electron chi connectivity index (χ2n) is 6.80. The Morgan fingerprint density at radius 2 is 1.57 bits per heavy atom. The van der Waals surface area contributed by atoms with Gasteiger partial charge in [-0.25, -0.2) is 4.39 Å². The Morgan fingerprint density at radius 1 is 0.867 bits per heavy atom. The zero-order valence-electron chi connectivity index (χ0n) is 15.8. The highest BCUT2D eigenvalue weighted by Crippen LogP contribution is 2.28. The molecule has 0 aliphatic heterocycles. The highest BCUT2D eigenvalue weighted by Gasteiger charge is 2.16. The molecule has 30 heavy (non-hydrogen) atoms. The number of benzene rings is 3. The van der Waals surface area contributed by atoms with E-state index in [-0.39, 0.29) is 18.3 Å². The molecule has 0 saturated heterocycles. The van der Waals surface area contributed by atoms with E-state index in [4.69, 9.17) is 5.10 Å². The lowest BCUT2D eigenvalue weighted by Crippen LogP contribution is -2.24. The van der Waals surface area contributed by atoms with E-state index in [9.17, 15) is 9.18 Å². The minimum atomic E-state index is -0.389. The number of nitrogens with one attached hydrogen (secondary N) is 1. The average Bonchev–Trinajstić information content (AvgIpc) is 3.21. The summed E-state index contributed by atoms with van der Waals surface area (Å²) in [4.78, 5) is 12.4. The highest BCUT2D eigenvalue weighted by atomic mass is 19.1. The minimum absolute atomic E-state index is 0.136. The summed E-state index contributed by atoms with van der Waals surface area (Å²) >= 11 is 0. The molecule has 146 valence electrons. The molecule has 5 rings (SSSR count). The first-order valence-corrected chi connectivity index (χ1v) is 9.43. The molecule has 0 fully saturated rings. The maximum Gasteiger partial charge on any atom is 0.251 e. The van der Waals surface area contributed by atoms with Crippen LogP contribution in [0.3, 0.4) is 0 Å². The van der Waals surface area contributed by atoms with Crippen LogP contribution < -0.4 is 5.32 Å². The lowest BCUT2D eigenvalue weighted by atomic mass is 10.1. The third-order valence-corrected chi connectivity index (χ3v) is 4.89. The fraction of sp³-hybridized carbons (Fsp3) is 0.0435. The molecular weight excluding hydrogens is 381 g/mol. The van der Waals surface area contributed by atoms with Gasteiger partial charge in [0, 0.05) is 21.9 Å². The largest absolute Gasteiger partial charge is 0.345 e. The number of amides is 1. The number of rotatable bonds is 4. The topological polar surface area (TPSA) is 72.2 Å². The van der Waals surface area contributed by atoms with Gasteiger partial charge in [0.2, 0.25) is 0 Å². The van der Waals surface area contributed by atoms with Crippen molar-refractivity contribution in [3.05, 3.63) is 96.1 Å². The molecule has 1 N–H and O–H groups in total. The number of carbonyl (C=O) groups is 1. The van der Waals surface area contributed by atoms with Gasteiger partial charge in [-0.15, -0.1) is 10.2 Å². The van der Waals surface area contributed by atoms with E-state index >= 15 is 0 Å². The minimum Gasteiger partial charge on any atom is -0.345 e. The lowest BCUT2D eigenvalue weighted by Gasteiger charge is -2.09. The Labute approximate surface area is 171 Å². The van der Waals surface area contributed by atoms with Gasteiger partial charge in [0.1, 0.15) is 5.82 Å². The molecule has 0 bridgehead atoms. The van der Waals surface area contributed by atoms with Crippen molar-refractivity contribution in [1.82, 2.24) is 25.1 Å². The first-order chi connectivity index (χ1) is 14.7. The Hall–Kier alpha value is -4.13. The molecule has 0 radical (unpaired) electrons. The Morgan fingerprint density at radius 3 is 2.33 bits per heavy atom. The summed E-state index contributed by atoms with van der Waals surface area (Å²) in [6.07, 6.45) is 0. The number of nitrogens with zero attached hydrogens (tertiary/aromatic N) is 4. The Kier molecular flexibility index (Phi) is 4.40. The van der Waals surface area contributed by atoms with Gasteiger partial charge in [0.05, 0.1) is 12.2 Å². The molecule has 0 aliphatic carbocycles. The molecule has 0 saturated carbocycles. The second kappa shape index (κ2) is 7.36. The van der Waals surface area contributed by atoms with E-state index in [1.54, 1.807) is 4.52 Å². The number of hydrogen-bond acceptors (Lipinski definition) is 4. The van der Waals surface area contributed by atoms with Gasteiger partial charge < -0.3 is 5.32 Å². The van der Waals surface area contributed by atoms with E-state index < -0.39 is 0 Å². The predicted molar refractivity (Wildman–Crippen MR) is 111 cm³/mol. The SMILES string of the molecule is O=C(NCc1nnc2c3ccccc3c(-c3ccccc3)nn12)c1ccc(F)cc1. The van der Waals surface area contributed by atoms with Crippen LogP contribution in [0.5, 0.6) is 0 Å². The average molecular weight is 397 g/mol. The van der Waals surface area contributed by atoms with Crippen molar-refractivity contribution < 1.29 is 9.18 Å². The molecule has 0 unspecified atom stereocenters. The van der Waals surface area contributed by atoms with Gasteiger partial charge in [-0.2, -0.15) is 9.61 Å². The molecule has 5 aromatic rings. The van der Waals surface area contributed by atoms with Crippen LogP contribution in [0.25, 0.3) is 27.7 Å². The van der Waals surface area contributed by atoms with Crippen molar-refractivity contribution in [1.29, 1.82) is 0 Å². The maximum atomic E-state index is 13.1. The van der Waals surface area contributed by atoms with Crippen LogP contribution in [-0.4, -0.2) is 25.7 Å². The fourth-order valence-corrected chi connectivity index (χ4v) is 3.41. The number of aromatic nitrogens is 4. The van der Waals surface area contributed by atoms with Crippen LogP contribution in [0.15, 0.2) is 78.9 Å². The monoisotopic (exact) mass is 397 g/mol. The van der Waals surface area contributed by atoms with E-state index in [1.807, 2.05) is 54.6 Å².